The molecule has 0 amide bonds. The summed E-state index contributed by atoms with van der Waals surface area (Å²) in [6, 6.07) is 0. The highest BCUT2D eigenvalue weighted by Crippen LogP contribution is 2.57. The molecule has 4 bridgehead atoms. The van der Waals surface area contributed by atoms with Gasteiger partial charge in [0.05, 0.1) is 5.92 Å². The Morgan fingerprint density at radius 3 is 2.23 bits per heavy atom. The topological polar surface area (TPSA) is 37.3 Å². The molecule has 3 atom stereocenters. The summed E-state index contributed by atoms with van der Waals surface area (Å²) in [5.74, 6) is 2.95. The quantitative estimate of drug-likeness (QED) is 0.669. The van der Waals surface area contributed by atoms with Crippen LogP contribution < -0.4 is 0 Å². The van der Waals surface area contributed by atoms with Crippen molar-refractivity contribution >= 4 is 5.97 Å². The number of hydrogen-bond acceptors (Lipinski definition) is 1. The second-order valence-corrected chi connectivity index (χ2v) is 5.08. The van der Waals surface area contributed by atoms with E-state index in [4.69, 9.17) is 5.11 Å². The maximum Gasteiger partial charge on any atom is 0.307 e. The molecule has 0 spiro atoms. The first-order valence-electron chi connectivity index (χ1n) is 5.31. The van der Waals surface area contributed by atoms with E-state index in [1.807, 2.05) is 0 Å². The van der Waals surface area contributed by atoms with Gasteiger partial charge < -0.3 is 5.11 Å². The lowest BCUT2D eigenvalue weighted by atomic mass is 9.52. The maximum atomic E-state index is 11.1. The van der Waals surface area contributed by atoms with Gasteiger partial charge in [-0.3, -0.25) is 4.79 Å². The second kappa shape index (κ2) is 2.49. The Kier molecular flexibility index (Phi) is 1.50. The van der Waals surface area contributed by atoms with Crippen LogP contribution in [0.1, 0.15) is 32.1 Å². The van der Waals surface area contributed by atoms with Crippen LogP contribution in [0.2, 0.25) is 0 Å². The number of aliphatic carboxylic acids is 1. The Morgan fingerprint density at radius 1 is 1.15 bits per heavy atom. The fourth-order valence-electron chi connectivity index (χ4n) is 4.01. The van der Waals surface area contributed by atoms with Crippen LogP contribution in [0.5, 0.6) is 0 Å². The van der Waals surface area contributed by atoms with E-state index in [-0.39, 0.29) is 5.92 Å². The maximum absolute atomic E-state index is 11.1. The standard InChI is InChI=1S/C11H15O2/c12-11(13)10-8-2-6-1-7(4-8)5-9(10)3-6/h6-8,10H,1-5H2,(H,12,13). The number of carboxylic acid groups (broad SMARTS) is 1. The smallest absolute Gasteiger partial charge is 0.307 e. The first-order valence-corrected chi connectivity index (χ1v) is 5.31. The first-order chi connectivity index (χ1) is 6.24. The van der Waals surface area contributed by atoms with Crippen LogP contribution in [0.3, 0.4) is 0 Å². The van der Waals surface area contributed by atoms with Crippen molar-refractivity contribution in [3.05, 3.63) is 5.92 Å². The van der Waals surface area contributed by atoms with Gasteiger partial charge in [0.1, 0.15) is 0 Å². The minimum Gasteiger partial charge on any atom is -0.481 e. The number of carboxylic acids is 1. The summed E-state index contributed by atoms with van der Waals surface area (Å²) < 4.78 is 0. The van der Waals surface area contributed by atoms with Gasteiger partial charge in [-0.2, -0.15) is 0 Å². The summed E-state index contributed by atoms with van der Waals surface area (Å²) >= 11 is 0. The zero-order valence-electron chi connectivity index (χ0n) is 7.70. The van der Waals surface area contributed by atoms with Crippen LogP contribution in [-0.2, 0) is 4.79 Å². The van der Waals surface area contributed by atoms with Gasteiger partial charge in [0.15, 0.2) is 0 Å². The summed E-state index contributed by atoms with van der Waals surface area (Å²) in [5, 5.41) is 9.12. The lowest BCUT2D eigenvalue weighted by Gasteiger charge is -2.52. The SMILES string of the molecule is O=C(O)C1[C]2CC3CC(C2)CC1C3. The monoisotopic (exact) mass is 179 g/mol. The largest absolute Gasteiger partial charge is 0.481 e. The van der Waals surface area contributed by atoms with Crippen molar-refractivity contribution in [2.45, 2.75) is 32.1 Å². The third-order valence-electron chi connectivity index (χ3n) is 4.22. The molecule has 4 aliphatic rings. The van der Waals surface area contributed by atoms with E-state index < -0.39 is 5.97 Å². The average Bonchev–Trinajstić information content (AvgIpc) is 2.00. The lowest BCUT2D eigenvalue weighted by Crippen LogP contribution is -2.46. The fourth-order valence-corrected chi connectivity index (χ4v) is 4.01. The molecule has 4 saturated carbocycles. The van der Waals surface area contributed by atoms with Crippen molar-refractivity contribution in [3.8, 4) is 0 Å². The molecule has 1 radical (unpaired) electrons. The molecular weight excluding hydrogens is 164 g/mol. The molecule has 0 saturated heterocycles. The van der Waals surface area contributed by atoms with E-state index in [0.29, 0.717) is 5.92 Å². The first kappa shape index (κ1) is 7.84. The van der Waals surface area contributed by atoms with Crippen LogP contribution in [0.25, 0.3) is 0 Å². The third kappa shape index (κ3) is 1.04. The van der Waals surface area contributed by atoms with Gasteiger partial charge in [0, 0.05) is 0 Å². The van der Waals surface area contributed by atoms with Crippen molar-refractivity contribution in [1.29, 1.82) is 0 Å². The van der Waals surface area contributed by atoms with Gasteiger partial charge in [-0.25, -0.2) is 0 Å². The van der Waals surface area contributed by atoms with Crippen molar-refractivity contribution in [2.24, 2.45) is 23.7 Å². The van der Waals surface area contributed by atoms with Crippen molar-refractivity contribution in [2.75, 3.05) is 0 Å². The van der Waals surface area contributed by atoms with Gasteiger partial charge in [-0.15, -0.1) is 0 Å². The molecule has 4 fully saturated rings. The van der Waals surface area contributed by atoms with E-state index in [1.54, 1.807) is 0 Å². The third-order valence-corrected chi connectivity index (χ3v) is 4.22. The van der Waals surface area contributed by atoms with Gasteiger partial charge in [-0.05, 0) is 55.8 Å². The molecule has 2 nitrogen and oxygen atoms in total. The summed E-state index contributed by atoms with van der Waals surface area (Å²) in [5.41, 5.74) is 0. The van der Waals surface area contributed by atoms with Crippen molar-refractivity contribution < 1.29 is 9.90 Å². The second-order valence-electron chi connectivity index (χ2n) is 5.08. The molecule has 2 heteroatoms. The number of rotatable bonds is 1. The number of hydrogen-bond donors (Lipinski definition) is 1. The van der Waals surface area contributed by atoms with Gasteiger partial charge in [0.2, 0.25) is 0 Å². The minimum atomic E-state index is -0.557. The molecule has 0 aromatic carbocycles. The van der Waals surface area contributed by atoms with Crippen LogP contribution in [0.4, 0.5) is 0 Å². The van der Waals surface area contributed by atoms with E-state index >= 15 is 0 Å². The molecular formula is C11H15O2. The lowest BCUT2D eigenvalue weighted by molar-refractivity contribution is -0.147. The Hall–Kier alpha value is -0.530. The molecule has 0 aliphatic heterocycles. The number of carbonyl (C=O) groups is 1. The molecule has 1 N–H and O–H groups in total. The average molecular weight is 179 g/mol. The predicted octanol–water partition coefficient (Wildman–Crippen LogP) is 2.10. The van der Waals surface area contributed by atoms with Crippen molar-refractivity contribution in [3.63, 3.8) is 0 Å². The summed E-state index contributed by atoms with van der Waals surface area (Å²) in [7, 11) is 0. The normalized spacial score (nSPS) is 48.3. The molecule has 4 aliphatic carbocycles. The zero-order valence-corrected chi connectivity index (χ0v) is 7.70. The highest BCUT2D eigenvalue weighted by Gasteiger charge is 2.51. The van der Waals surface area contributed by atoms with Crippen LogP contribution in [0.15, 0.2) is 0 Å². The molecule has 4 rings (SSSR count). The Balaban J connectivity index is 1.89. The van der Waals surface area contributed by atoms with Gasteiger partial charge in [0.25, 0.3) is 0 Å². The predicted molar refractivity (Wildman–Crippen MR) is 47.9 cm³/mol. The van der Waals surface area contributed by atoms with E-state index in [2.05, 4.69) is 0 Å². The zero-order chi connectivity index (χ0) is 9.00. The van der Waals surface area contributed by atoms with Crippen LogP contribution in [0, 0.1) is 29.6 Å². The molecule has 13 heavy (non-hydrogen) atoms. The Labute approximate surface area is 78.3 Å². The van der Waals surface area contributed by atoms with Crippen molar-refractivity contribution in [1.82, 2.24) is 0 Å². The van der Waals surface area contributed by atoms with E-state index in [9.17, 15) is 4.79 Å². The van der Waals surface area contributed by atoms with Crippen LogP contribution in [-0.4, -0.2) is 11.1 Å². The fraction of sp³-hybridized carbons (Fsp3) is 0.818. The summed E-state index contributed by atoms with van der Waals surface area (Å²) in [4.78, 5) is 11.1. The summed E-state index contributed by atoms with van der Waals surface area (Å²) in [6.45, 7) is 0. The summed E-state index contributed by atoms with van der Waals surface area (Å²) in [6.07, 6.45) is 6.02. The van der Waals surface area contributed by atoms with Gasteiger partial charge in [-0.1, -0.05) is 0 Å². The molecule has 3 unspecified atom stereocenters. The molecule has 71 valence electrons. The Bertz CT molecular complexity index is 218. The molecule has 0 aromatic heterocycles. The highest BCUT2D eigenvalue weighted by atomic mass is 16.4. The van der Waals surface area contributed by atoms with Gasteiger partial charge >= 0.3 is 5.97 Å². The molecule has 0 aromatic rings. The highest BCUT2D eigenvalue weighted by molar-refractivity contribution is 5.73. The van der Waals surface area contributed by atoms with E-state index in [0.717, 1.165) is 24.7 Å². The molecule has 0 heterocycles. The Morgan fingerprint density at radius 2 is 1.77 bits per heavy atom. The van der Waals surface area contributed by atoms with Crippen LogP contribution >= 0.6 is 0 Å². The minimum absolute atomic E-state index is 0.0622. The van der Waals surface area contributed by atoms with E-state index in [1.165, 1.54) is 25.2 Å².